The molecule has 0 N–H and O–H groups in total. The highest BCUT2D eigenvalue weighted by Gasteiger charge is 2.25. The number of imidazole rings is 2. The molecule has 0 unspecified atom stereocenters. The Morgan fingerprint density at radius 2 is 2.31 bits per heavy atom. The molecule has 0 amide bonds. The first-order chi connectivity index (χ1) is 7.88. The van der Waals surface area contributed by atoms with E-state index in [4.69, 9.17) is 0 Å². The van der Waals surface area contributed by atoms with E-state index in [1.807, 2.05) is 24.9 Å². The van der Waals surface area contributed by atoms with Crippen LogP contribution in [0.5, 0.6) is 0 Å². The van der Waals surface area contributed by atoms with Crippen molar-refractivity contribution in [1.82, 2.24) is 19.1 Å². The summed E-state index contributed by atoms with van der Waals surface area (Å²) in [6.07, 6.45) is 11.4. The smallest absolute Gasteiger partial charge is 0.108 e. The topological polar surface area (TPSA) is 35.6 Å². The molecule has 0 aromatic carbocycles. The maximum absolute atomic E-state index is 4.34. The molecular weight excluding hydrogens is 200 g/mol. The Labute approximate surface area is 94.9 Å². The highest BCUT2D eigenvalue weighted by atomic mass is 15.1. The minimum Gasteiger partial charge on any atom is -0.330 e. The number of aromatic nitrogens is 4. The van der Waals surface area contributed by atoms with Crippen LogP contribution in [0.15, 0.2) is 24.9 Å². The molecule has 0 radical (unpaired) electrons. The molecule has 0 saturated heterocycles. The Morgan fingerprint density at radius 1 is 1.44 bits per heavy atom. The fourth-order valence-electron chi connectivity index (χ4n) is 2.11. The molecule has 84 valence electrons. The van der Waals surface area contributed by atoms with Crippen LogP contribution in [0.3, 0.4) is 0 Å². The van der Waals surface area contributed by atoms with E-state index in [-0.39, 0.29) is 0 Å². The van der Waals surface area contributed by atoms with Gasteiger partial charge in [-0.05, 0) is 12.8 Å². The molecule has 2 aromatic heterocycles. The van der Waals surface area contributed by atoms with Crippen LogP contribution in [0.25, 0.3) is 0 Å². The van der Waals surface area contributed by atoms with Crippen molar-refractivity contribution < 1.29 is 0 Å². The van der Waals surface area contributed by atoms with E-state index in [1.165, 1.54) is 18.5 Å². The van der Waals surface area contributed by atoms with Gasteiger partial charge in [-0.25, -0.2) is 9.97 Å². The van der Waals surface area contributed by atoms with E-state index in [2.05, 4.69) is 26.0 Å². The minimum atomic E-state index is 0.700. The van der Waals surface area contributed by atoms with Crippen LogP contribution in [0.1, 0.15) is 37.3 Å². The highest BCUT2D eigenvalue weighted by molar-refractivity contribution is 5.06. The second kappa shape index (κ2) is 3.77. The van der Waals surface area contributed by atoms with E-state index in [0.717, 1.165) is 18.8 Å². The SMILES string of the molecule is CCc1nccn1Cc1cncn1C1CC1. The summed E-state index contributed by atoms with van der Waals surface area (Å²) in [5.41, 5.74) is 1.29. The van der Waals surface area contributed by atoms with Gasteiger partial charge in [0.2, 0.25) is 0 Å². The van der Waals surface area contributed by atoms with Gasteiger partial charge in [0, 0.05) is 31.1 Å². The normalized spacial score (nSPS) is 15.6. The van der Waals surface area contributed by atoms with Crippen molar-refractivity contribution in [1.29, 1.82) is 0 Å². The summed E-state index contributed by atoms with van der Waals surface area (Å²) in [7, 11) is 0. The van der Waals surface area contributed by atoms with E-state index < -0.39 is 0 Å². The van der Waals surface area contributed by atoms with Crippen LogP contribution < -0.4 is 0 Å². The summed E-state index contributed by atoms with van der Waals surface area (Å²) in [5, 5.41) is 0. The Hall–Kier alpha value is -1.58. The van der Waals surface area contributed by atoms with Crippen molar-refractivity contribution in [2.45, 2.75) is 38.8 Å². The average Bonchev–Trinajstić information content (AvgIpc) is 2.88. The van der Waals surface area contributed by atoms with Crippen molar-refractivity contribution in [3.63, 3.8) is 0 Å². The van der Waals surface area contributed by atoms with Gasteiger partial charge in [-0.1, -0.05) is 6.92 Å². The molecule has 1 saturated carbocycles. The zero-order valence-corrected chi connectivity index (χ0v) is 9.50. The van der Waals surface area contributed by atoms with Gasteiger partial charge in [0.15, 0.2) is 0 Å². The summed E-state index contributed by atoms with van der Waals surface area (Å²) in [6.45, 7) is 3.02. The molecule has 2 aromatic rings. The maximum Gasteiger partial charge on any atom is 0.108 e. The van der Waals surface area contributed by atoms with Crippen molar-refractivity contribution in [2.24, 2.45) is 0 Å². The highest BCUT2D eigenvalue weighted by Crippen LogP contribution is 2.35. The largest absolute Gasteiger partial charge is 0.330 e. The molecule has 0 aliphatic heterocycles. The van der Waals surface area contributed by atoms with Crippen molar-refractivity contribution in [3.05, 3.63) is 36.4 Å². The van der Waals surface area contributed by atoms with Crippen LogP contribution in [0.2, 0.25) is 0 Å². The number of aryl methyl sites for hydroxylation is 1. The molecule has 16 heavy (non-hydrogen) atoms. The molecule has 4 heteroatoms. The molecule has 0 bridgehead atoms. The fraction of sp³-hybridized carbons (Fsp3) is 0.500. The van der Waals surface area contributed by atoms with Gasteiger partial charge in [-0.3, -0.25) is 0 Å². The first-order valence-electron chi connectivity index (χ1n) is 5.89. The molecule has 0 atom stereocenters. The summed E-state index contributed by atoms with van der Waals surface area (Å²) >= 11 is 0. The van der Waals surface area contributed by atoms with Gasteiger partial charge in [0.05, 0.1) is 18.6 Å². The second-order valence-electron chi connectivity index (χ2n) is 4.35. The van der Waals surface area contributed by atoms with Gasteiger partial charge < -0.3 is 9.13 Å². The molecule has 0 spiro atoms. The third kappa shape index (κ3) is 1.64. The third-order valence-electron chi connectivity index (χ3n) is 3.14. The number of hydrogen-bond donors (Lipinski definition) is 0. The van der Waals surface area contributed by atoms with Gasteiger partial charge in [-0.2, -0.15) is 0 Å². The van der Waals surface area contributed by atoms with Crippen LogP contribution in [-0.2, 0) is 13.0 Å². The van der Waals surface area contributed by atoms with Crippen LogP contribution in [0, 0.1) is 0 Å². The number of nitrogens with zero attached hydrogens (tertiary/aromatic N) is 4. The third-order valence-corrected chi connectivity index (χ3v) is 3.14. The van der Waals surface area contributed by atoms with E-state index in [0.29, 0.717) is 6.04 Å². The van der Waals surface area contributed by atoms with Gasteiger partial charge in [-0.15, -0.1) is 0 Å². The molecule has 1 fully saturated rings. The predicted molar refractivity (Wildman–Crippen MR) is 61.2 cm³/mol. The summed E-state index contributed by atoms with van der Waals surface area (Å²) in [4.78, 5) is 8.59. The summed E-state index contributed by atoms with van der Waals surface area (Å²) < 4.78 is 4.51. The first kappa shape index (κ1) is 9.63. The molecule has 4 nitrogen and oxygen atoms in total. The van der Waals surface area contributed by atoms with Crippen molar-refractivity contribution in [2.75, 3.05) is 0 Å². The lowest BCUT2D eigenvalue weighted by atomic mass is 10.4. The van der Waals surface area contributed by atoms with Crippen molar-refractivity contribution >= 4 is 0 Å². The zero-order chi connectivity index (χ0) is 11.0. The van der Waals surface area contributed by atoms with E-state index >= 15 is 0 Å². The van der Waals surface area contributed by atoms with Crippen molar-refractivity contribution in [3.8, 4) is 0 Å². The van der Waals surface area contributed by atoms with Gasteiger partial charge >= 0.3 is 0 Å². The summed E-state index contributed by atoms with van der Waals surface area (Å²) in [5.74, 6) is 1.14. The Bertz CT molecular complexity index is 479. The molecule has 3 rings (SSSR count). The lowest BCUT2D eigenvalue weighted by molar-refractivity contribution is 0.639. The maximum atomic E-state index is 4.34. The van der Waals surface area contributed by atoms with E-state index in [1.54, 1.807) is 0 Å². The second-order valence-corrected chi connectivity index (χ2v) is 4.35. The zero-order valence-electron chi connectivity index (χ0n) is 9.50. The Morgan fingerprint density at radius 3 is 3.06 bits per heavy atom. The quantitative estimate of drug-likeness (QED) is 0.784. The molecule has 1 aliphatic rings. The first-order valence-corrected chi connectivity index (χ1v) is 5.89. The predicted octanol–water partition coefficient (Wildman–Crippen LogP) is 2.03. The number of rotatable bonds is 4. The number of hydrogen-bond acceptors (Lipinski definition) is 2. The van der Waals surface area contributed by atoms with Crippen LogP contribution >= 0.6 is 0 Å². The standard InChI is InChI=1S/C12H16N4/c1-2-12-14-5-6-15(12)8-11-7-13-9-16(11)10-3-4-10/h5-7,9-10H,2-4,8H2,1H3. The van der Waals surface area contributed by atoms with E-state index in [9.17, 15) is 0 Å². The lowest BCUT2D eigenvalue weighted by Gasteiger charge is -2.09. The minimum absolute atomic E-state index is 0.700. The molecular formula is C12H16N4. The summed E-state index contributed by atoms with van der Waals surface area (Å²) in [6, 6.07) is 0.700. The van der Waals surface area contributed by atoms with Crippen LogP contribution in [0.4, 0.5) is 0 Å². The van der Waals surface area contributed by atoms with Gasteiger partial charge in [0.1, 0.15) is 5.82 Å². The Kier molecular flexibility index (Phi) is 2.27. The van der Waals surface area contributed by atoms with Gasteiger partial charge in [0.25, 0.3) is 0 Å². The molecule has 2 heterocycles. The monoisotopic (exact) mass is 216 g/mol. The average molecular weight is 216 g/mol. The lowest BCUT2D eigenvalue weighted by Crippen LogP contribution is -2.08. The molecule has 1 aliphatic carbocycles. The Balaban J connectivity index is 1.85. The van der Waals surface area contributed by atoms with Crippen LogP contribution in [-0.4, -0.2) is 19.1 Å². The fourth-order valence-corrected chi connectivity index (χ4v) is 2.11.